The van der Waals surface area contributed by atoms with Gasteiger partial charge >= 0.3 is 6.01 Å². The largest absolute Gasteiger partial charge is 0.508 e. The number of nitrogens with two attached hydrogens (primary N) is 1. The van der Waals surface area contributed by atoms with Crippen LogP contribution in [0, 0.1) is 24.0 Å². The first-order valence-corrected chi connectivity index (χ1v) is 17.0. The van der Waals surface area contributed by atoms with Crippen molar-refractivity contribution in [3.63, 3.8) is 0 Å². The highest BCUT2D eigenvalue weighted by Crippen LogP contribution is 2.44. The van der Waals surface area contributed by atoms with Gasteiger partial charge in [0.25, 0.3) is 0 Å². The molecule has 3 fully saturated rings. The third-order valence-corrected chi connectivity index (χ3v) is 10.7. The number of benzene rings is 2. The fourth-order valence-electron chi connectivity index (χ4n) is 8.29. The van der Waals surface area contributed by atoms with Crippen molar-refractivity contribution in [3.8, 4) is 41.2 Å². The van der Waals surface area contributed by atoms with Gasteiger partial charge in [-0.3, -0.25) is 4.90 Å². The van der Waals surface area contributed by atoms with Crippen LogP contribution in [-0.2, 0) is 7.05 Å². The number of pyridine rings is 1. The van der Waals surface area contributed by atoms with Crippen LogP contribution in [0.25, 0.3) is 32.9 Å². The van der Waals surface area contributed by atoms with Crippen LogP contribution in [0.4, 0.5) is 24.9 Å². The molecule has 51 heavy (non-hydrogen) atoms. The normalized spacial score (nSPS) is 23.2. The van der Waals surface area contributed by atoms with Gasteiger partial charge in [-0.15, -0.1) is 6.42 Å². The standard InChI is InChI=1S/C37H37F3N8O3/c1-4-24-26(39)9-7-20-13-23(49)14-25(28(20)24)31-30(40)32-29(34(44-31)50-3)33(42-22-8-6-19(12-22)27-17-47(2)35(41)43-27)46-36(45-32)51-18-37-10-5-11-48(37)16-21(38)15-37/h1,7,9,13-14,17,19,21-22,49H,5-6,8,10-12,15-16,18H2,2-3H3,(H2,41,43)(H,42,45,46)/t19-,21+,22+,37-/m0/s1. The SMILES string of the molecule is C#Cc1c(F)ccc2cc(O)cc(-c3nc(OC)c4c(N[C@@H]5CC[C@H](c6cn(C)c(N)n6)C5)nc(OC[C@@]56CCCN5C[C@H](F)C6)nc4c3F)c12. The van der Waals surface area contributed by atoms with Crippen LogP contribution in [-0.4, -0.2) is 79.1 Å². The first-order valence-electron chi connectivity index (χ1n) is 17.0. The molecule has 3 aliphatic rings. The molecule has 264 valence electrons. The number of hydrogen-bond acceptors (Lipinski definition) is 10. The lowest BCUT2D eigenvalue weighted by molar-refractivity contribution is 0.107. The van der Waals surface area contributed by atoms with E-state index in [2.05, 4.69) is 31.1 Å². The molecule has 0 radical (unpaired) electrons. The van der Waals surface area contributed by atoms with Crippen molar-refractivity contribution in [1.82, 2.24) is 29.4 Å². The van der Waals surface area contributed by atoms with Crippen molar-refractivity contribution < 1.29 is 27.8 Å². The second kappa shape index (κ2) is 12.5. The zero-order valence-corrected chi connectivity index (χ0v) is 28.2. The molecule has 8 rings (SSSR count). The zero-order valence-electron chi connectivity index (χ0n) is 28.2. The molecule has 1 saturated carbocycles. The summed E-state index contributed by atoms with van der Waals surface area (Å²) < 4.78 is 60.4. The van der Waals surface area contributed by atoms with Crippen molar-refractivity contribution in [1.29, 1.82) is 0 Å². The maximum atomic E-state index is 17.1. The number of imidazole rings is 1. The van der Waals surface area contributed by atoms with E-state index in [-0.39, 0.29) is 75.1 Å². The number of alkyl halides is 1. The summed E-state index contributed by atoms with van der Waals surface area (Å²) in [6.45, 7) is 1.25. The van der Waals surface area contributed by atoms with Gasteiger partial charge in [0.15, 0.2) is 11.8 Å². The summed E-state index contributed by atoms with van der Waals surface area (Å²) in [4.78, 5) is 20.5. The van der Waals surface area contributed by atoms with Crippen molar-refractivity contribution in [2.24, 2.45) is 7.05 Å². The minimum atomic E-state index is -0.960. The van der Waals surface area contributed by atoms with Crippen LogP contribution < -0.4 is 20.5 Å². The lowest BCUT2D eigenvalue weighted by Crippen LogP contribution is -2.43. The zero-order chi connectivity index (χ0) is 35.6. The highest BCUT2D eigenvalue weighted by Gasteiger charge is 2.49. The molecule has 0 unspecified atom stereocenters. The third kappa shape index (κ3) is 5.60. The molecule has 14 heteroatoms. The number of halogens is 3. The van der Waals surface area contributed by atoms with Crippen molar-refractivity contribution in [2.45, 2.75) is 62.2 Å². The highest BCUT2D eigenvalue weighted by molar-refractivity contribution is 6.04. The Bertz CT molecular complexity index is 2220. The maximum Gasteiger partial charge on any atom is 0.319 e. The van der Waals surface area contributed by atoms with Crippen LogP contribution in [0.3, 0.4) is 0 Å². The number of aryl methyl sites for hydroxylation is 1. The van der Waals surface area contributed by atoms with E-state index in [0.717, 1.165) is 37.9 Å². The number of hydrogen-bond donors (Lipinski definition) is 3. The molecule has 5 heterocycles. The third-order valence-electron chi connectivity index (χ3n) is 10.7. The Morgan fingerprint density at radius 1 is 1.16 bits per heavy atom. The Morgan fingerprint density at radius 3 is 2.76 bits per heavy atom. The Balaban J connectivity index is 1.25. The molecule has 4 atom stereocenters. The van der Waals surface area contributed by atoms with Gasteiger partial charge in [-0.05, 0) is 62.2 Å². The minimum Gasteiger partial charge on any atom is -0.508 e. The van der Waals surface area contributed by atoms with Crippen LogP contribution in [0.15, 0.2) is 30.5 Å². The number of nitrogen functional groups attached to an aromatic ring is 1. The smallest absolute Gasteiger partial charge is 0.319 e. The van der Waals surface area contributed by atoms with Gasteiger partial charge in [-0.25, -0.2) is 23.1 Å². The highest BCUT2D eigenvalue weighted by atomic mass is 19.1. The van der Waals surface area contributed by atoms with E-state index in [1.807, 2.05) is 13.2 Å². The topological polar surface area (TPSA) is 136 Å². The predicted octanol–water partition coefficient (Wildman–Crippen LogP) is 5.84. The van der Waals surface area contributed by atoms with E-state index in [0.29, 0.717) is 30.7 Å². The Hall–Kier alpha value is -5.29. The van der Waals surface area contributed by atoms with Crippen molar-refractivity contribution in [2.75, 3.05) is 37.9 Å². The molecule has 3 aromatic heterocycles. The monoisotopic (exact) mass is 698 g/mol. The van der Waals surface area contributed by atoms with E-state index in [1.165, 1.54) is 31.4 Å². The number of aromatic hydroxyl groups is 1. The number of ether oxygens (including phenoxy) is 2. The minimum absolute atomic E-state index is 0.00530. The van der Waals surface area contributed by atoms with Gasteiger partial charge in [0.1, 0.15) is 46.8 Å². The summed E-state index contributed by atoms with van der Waals surface area (Å²) in [6.07, 6.45) is 11.0. The van der Waals surface area contributed by atoms with Crippen LogP contribution in [0.2, 0.25) is 0 Å². The summed E-state index contributed by atoms with van der Waals surface area (Å²) in [5.74, 6) is 1.43. The lowest BCUT2D eigenvalue weighted by Gasteiger charge is -2.30. The lowest BCUT2D eigenvalue weighted by atomic mass is 9.95. The van der Waals surface area contributed by atoms with E-state index < -0.39 is 23.3 Å². The van der Waals surface area contributed by atoms with E-state index in [4.69, 9.17) is 26.6 Å². The van der Waals surface area contributed by atoms with Gasteiger partial charge in [-0.1, -0.05) is 12.0 Å². The number of nitrogens with zero attached hydrogens (tertiary/aromatic N) is 6. The van der Waals surface area contributed by atoms with E-state index in [9.17, 15) is 13.9 Å². The fraction of sp³-hybridized carbons (Fsp3) is 0.405. The van der Waals surface area contributed by atoms with Gasteiger partial charge in [0, 0.05) is 49.1 Å². The van der Waals surface area contributed by atoms with Gasteiger partial charge in [0.05, 0.1) is 23.9 Å². The summed E-state index contributed by atoms with van der Waals surface area (Å²) in [6, 6.07) is 5.15. The summed E-state index contributed by atoms with van der Waals surface area (Å²) in [7, 11) is 3.24. The maximum absolute atomic E-state index is 17.1. The number of aromatic nitrogens is 5. The summed E-state index contributed by atoms with van der Waals surface area (Å²) in [5, 5.41) is 14.9. The number of anilines is 2. The van der Waals surface area contributed by atoms with Gasteiger partial charge in [-0.2, -0.15) is 9.97 Å². The molecule has 2 aliphatic heterocycles. The molecule has 0 bridgehead atoms. The van der Waals surface area contributed by atoms with Crippen LogP contribution in [0.1, 0.15) is 55.7 Å². The molecule has 0 spiro atoms. The fourth-order valence-corrected chi connectivity index (χ4v) is 8.29. The van der Waals surface area contributed by atoms with Crippen molar-refractivity contribution in [3.05, 3.63) is 53.4 Å². The predicted molar refractivity (Wildman–Crippen MR) is 187 cm³/mol. The average molecular weight is 699 g/mol. The van der Waals surface area contributed by atoms with Gasteiger partial charge < -0.3 is 30.2 Å². The van der Waals surface area contributed by atoms with Crippen LogP contribution in [0.5, 0.6) is 17.6 Å². The number of phenols is 1. The second-order valence-electron chi connectivity index (χ2n) is 13.9. The molecular formula is C37H37F3N8O3. The molecule has 4 N–H and O–H groups in total. The molecule has 2 saturated heterocycles. The molecular weight excluding hydrogens is 661 g/mol. The molecule has 11 nitrogen and oxygen atoms in total. The molecule has 0 amide bonds. The molecule has 2 aromatic carbocycles. The summed E-state index contributed by atoms with van der Waals surface area (Å²) >= 11 is 0. The number of methoxy groups -OCH3 is 1. The van der Waals surface area contributed by atoms with Crippen molar-refractivity contribution >= 4 is 33.4 Å². The molecule has 1 aliphatic carbocycles. The van der Waals surface area contributed by atoms with Crippen LogP contribution >= 0.6 is 0 Å². The Morgan fingerprint density at radius 2 is 2.00 bits per heavy atom. The molecule has 5 aromatic rings. The van der Waals surface area contributed by atoms with E-state index in [1.54, 1.807) is 4.57 Å². The first-order chi connectivity index (χ1) is 24.6. The number of phenolic OH excluding ortho intramolecular Hbond substituents is 1. The van der Waals surface area contributed by atoms with E-state index >= 15 is 4.39 Å². The number of terminal acetylenes is 1. The summed E-state index contributed by atoms with van der Waals surface area (Å²) in [5.41, 5.74) is 5.93. The Labute approximate surface area is 292 Å². The Kier molecular flexibility index (Phi) is 8.05. The number of rotatable bonds is 8. The second-order valence-corrected chi connectivity index (χ2v) is 13.9. The van der Waals surface area contributed by atoms with Gasteiger partial charge in [0.2, 0.25) is 5.88 Å². The first kappa shape index (κ1) is 32.9. The quantitative estimate of drug-likeness (QED) is 0.170. The number of nitrogens with one attached hydrogen (secondary N) is 1. The average Bonchev–Trinajstić information content (AvgIpc) is 3.88. The number of fused-ring (bicyclic) bond motifs is 3.